The van der Waals surface area contributed by atoms with Crippen LogP contribution in [0.25, 0.3) is 0 Å². The molecule has 0 N–H and O–H groups in total. The number of rotatable bonds is 4. The van der Waals surface area contributed by atoms with Gasteiger partial charge in [-0.2, -0.15) is 0 Å². The van der Waals surface area contributed by atoms with Gasteiger partial charge in [0.2, 0.25) is 5.91 Å². The van der Waals surface area contributed by atoms with E-state index in [0.717, 1.165) is 17.1 Å². The van der Waals surface area contributed by atoms with E-state index in [4.69, 9.17) is 0 Å². The molecule has 0 bridgehead atoms. The minimum absolute atomic E-state index is 0.141. The molecule has 3 nitrogen and oxygen atoms in total. The lowest BCUT2D eigenvalue weighted by Gasteiger charge is -2.29. The Bertz CT molecular complexity index is 614. The van der Waals surface area contributed by atoms with E-state index in [0.29, 0.717) is 13.0 Å². The Balaban J connectivity index is 2.58. The van der Waals surface area contributed by atoms with E-state index in [-0.39, 0.29) is 11.9 Å². The topological polar surface area (TPSA) is 23.6 Å². The minimum Gasteiger partial charge on any atom is -0.339 e. The number of allylic oxidation sites excluding steroid dienone is 4. The summed E-state index contributed by atoms with van der Waals surface area (Å²) in [5.41, 5.74) is 3.08. The van der Waals surface area contributed by atoms with Gasteiger partial charge in [-0.1, -0.05) is 30.9 Å². The summed E-state index contributed by atoms with van der Waals surface area (Å²) in [6.07, 6.45) is 8.31. The second-order valence-electron chi connectivity index (χ2n) is 5.58. The van der Waals surface area contributed by atoms with Crippen molar-refractivity contribution in [2.75, 3.05) is 16.3 Å². The van der Waals surface area contributed by atoms with Crippen LogP contribution in [-0.4, -0.2) is 18.5 Å². The number of amides is 1. The molecular formula is C19H24N2O. The van der Waals surface area contributed by atoms with E-state index >= 15 is 0 Å². The van der Waals surface area contributed by atoms with Crippen molar-refractivity contribution in [3.05, 3.63) is 60.8 Å². The van der Waals surface area contributed by atoms with Gasteiger partial charge in [0.05, 0.1) is 11.4 Å². The Kier molecular flexibility index (Phi) is 5.21. The van der Waals surface area contributed by atoms with Gasteiger partial charge in [0.25, 0.3) is 0 Å². The second kappa shape index (κ2) is 7.12. The Labute approximate surface area is 133 Å². The second-order valence-corrected chi connectivity index (χ2v) is 5.58. The first-order valence-corrected chi connectivity index (χ1v) is 7.74. The lowest BCUT2D eigenvalue weighted by Crippen LogP contribution is -2.36. The number of carbonyl (C=O) groups excluding carboxylic acids is 1. The highest BCUT2D eigenvalue weighted by atomic mass is 16.2. The van der Waals surface area contributed by atoms with E-state index in [1.807, 2.05) is 48.3 Å². The third-order valence-electron chi connectivity index (χ3n) is 3.70. The fraction of sp³-hybridized carbons (Fsp3) is 0.316. The first-order valence-electron chi connectivity index (χ1n) is 7.74. The zero-order valence-corrected chi connectivity index (χ0v) is 13.6. The fourth-order valence-corrected chi connectivity index (χ4v) is 2.84. The standard InChI is InChI=1S/C19H24N2O/c1-5-9-16(10-6-2)20-14-13-19(22)21(15(3)4)18-12-8-7-11-17(18)20/h5-12,15H,1,13-14H2,2-4H3/b10-6-,16-9+. The summed E-state index contributed by atoms with van der Waals surface area (Å²) >= 11 is 0. The molecule has 0 unspecified atom stereocenters. The predicted molar refractivity (Wildman–Crippen MR) is 94.1 cm³/mol. The summed E-state index contributed by atoms with van der Waals surface area (Å²) in [4.78, 5) is 16.6. The molecule has 116 valence electrons. The van der Waals surface area contributed by atoms with E-state index in [9.17, 15) is 4.79 Å². The summed E-state index contributed by atoms with van der Waals surface area (Å²) < 4.78 is 0. The number of anilines is 2. The monoisotopic (exact) mass is 296 g/mol. The lowest BCUT2D eigenvalue weighted by molar-refractivity contribution is -0.118. The molecule has 0 spiro atoms. The summed E-state index contributed by atoms with van der Waals surface area (Å²) in [6, 6.07) is 8.23. The zero-order valence-electron chi connectivity index (χ0n) is 13.6. The number of hydrogen-bond acceptors (Lipinski definition) is 2. The molecular weight excluding hydrogens is 272 g/mol. The van der Waals surface area contributed by atoms with Crippen molar-refractivity contribution in [3.8, 4) is 0 Å². The molecule has 1 aromatic carbocycles. The van der Waals surface area contributed by atoms with Crippen LogP contribution < -0.4 is 9.80 Å². The molecule has 3 heteroatoms. The molecule has 0 aliphatic carbocycles. The van der Waals surface area contributed by atoms with Crippen LogP contribution in [0.1, 0.15) is 27.2 Å². The molecule has 2 rings (SSSR count). The summed E-state index contributed by atoms with van der Waals surface area (Å²) in [7, 11) is 0. The van der Waals surface area contributed by atoms with Gasteiger partial charge in [0.15, 0.2) is 0 Å². The van der Waals surface area contributed by atoms with Crippen molar-refractivity contribution in [1.82, 2.24) is 0 Å². The highest BCUT2D eigenvalue weighted by Gasteiger charge is 2.28. The Morgan fingerprint density at radius 3 is 2.55 bits per heavy atom. The van der Waals surface area contributed by atoms with E-state index < -0.39 is 0 Å². The quantitative estimate of drug-likeness (QED) is 0.774. The lowest BCUT2D eigenvalue weighted by atomic mass is 10.2. The van der Waals surface area contributed by atoms with Gasteiger partial charge in [-0.05, 0) is 45.1 Å². The molecule has 0 atom stereocenters. The van der Waals surface area contributed by atoms with Gasteiger partial charge in [0.1, 0.15) is 0 Å². The molecule has 0 radical (unpaired) electrons. The summed E-state index contributed by atoms with van der Waals surface area (Å²) in [5, 5.41) is 0. The summed E-state index contributed by atoms with van der Waals surface area (Å²) in [6.45, 7) is 10.6. The number of fused-ring (bicyclic) bond motifs is 1. The smallest absolute Gasteiger partial charge is 0.229 e. The maximum atomic E-state index is 12.5. The molecule has 0 aromatic heterocycles. The van der Waals surface area contributed by atoms with Crippen LogP contribution in [0.4, 0.5) is 11.4 Å². The van der Waals surface area contributed by atoms with Gasteiger partial charge >= 0.3 is 0 Å². The van der Waals surface area contributed by atoms with Crippen LogP contribution in [-0.2, 0) is 4.79 Å². The third-order valence-corrected chi connectivity index (χ3v) is 3.70. The van der Waals surface area contributed by atoms with Crippen molar-refractivity contribution >= 4 is 17.3 Å². The molecule has 1 aromatic rings. The van der Waals surface area contributed by atoms with E-state index in [2.05, 4.69) is 31.4 Å². The average molecular weight is 296 g/mol. The van der Waals surface area contributed by atoms with Gasteiger partial charge in [-0.15, -0.1) is 0 Å². The van der Waals surface area contributed by atoms with E-state index in [1.165, 1.54) is 0 Å². The van der Waals surface area contributed by atoms with Gasteiger partial charge in [-0.25, -0.2) is 0 Å². The number of benzene rings is 1. The van der Waals surface area contributed by atoms with Crippen LogP contribution >= 0.6 is 0 Å². The zero-order chi connectivity index (χ0) is 16.1. The van der Waals surface area contributed by atoms with Crippen LogP contribution in [0.5, 0.6) is 0 Å². The molecule has 1 aliphatic heterocycles. The normalized spacial score (nSPS) is 16.2. The molecule has 1 heterocycles. The maximum absolute atomic E-state index is 12.5. The Morgan fingerprint density at radius 2 is 1.95 bits per heavy atom. The number of nitrogens with zero attached hydrogens (tertiary/aromatic N) is 2. The number of carbonyl (C=O) groups is 1. The van der Waals surface area contributed by atoms with Gasteiger partial charge < -0.3 is 9.80 Å². The van der Waals surface area contributed by atoms with Gasteiger partial charge in [0, 0.05) is 24.7 Å². The minimum atomic E-state index is 0.141. The van der Waals surface area contributed by atoms with E-state index in [1.54, 1.807) is 6.08 Å². The Morgan fingerprint density at radius 1 is 1.27 bits per heavy atom. The molecule has 22 heavy (non-hydrogen) atoms. The first kappa shape index (κ1) is 16.1. The molecule has 0 fully saturated rings. The van der Waals surface area contributed by atoms with Crippen molar-refractivity contribution in [3.63, 3.8) is 0 Å². The SMILES string of the molecule is C=C/C=C(\C=C/C)N1CCC(=O)N(C(C)C)c2ccccc21. The van der Waals surface area contributed by atoms with Crippen molar-refractivity contribution in [1.29, 1.82) is 0 Å². The van der Waals surface area contributed by atoms with Crippen LogP contribution in [0.15, 0.2) is 60.8 Å². The van der Waals surface area contributed by atoms with Crippen molar-refractivity contribution in [2.24, 2.45) is 0 Å². The summed E-state index contributed by atoms with van der Waals surface area (Å²) in [5.74, 6) is 0.170. The molecule has 0 saturated carbocycles. The molecule has 0 saturated heterocycles. The van der Waals surface area contributed by atoms with Crippen molar-refractivity contribution < 1.29 is 4.79 Å². The highest BCUT2D eigenvalue weighted by molar-refractivity contribution is 5.99. The maximum Gasteiger partial charge on any atom is 0.229 e. The van der Waals surface area contributed by atoms with Crippen LogP contribution in [0.2, 0.25) is 0 Å². The number of para-hydroxylation sites is 2. The fourth-order valence-electron chi connectivity index (χ4n) is 2.84. The van der Waals surface area contributed by atoms with Crippen LogP contribution in [0, 0.1) is 0 Å². The third kappa shape index (κ3) is 3.14. The highest BCUT2D eigenvalue weighted by Crippen LogP contribution is 2.36. The Hall–Kier alpha value is -2.29. The average Bonchev–Trinajstić information content (AvgIpc) is 2.63. The van der Waals surface area contributed by atoms with Gasteiger partial charge in [-0.3, -0.25) is 4.79 Å². The van der Waals surface area contributed by atoms with Crippen molar-refractivity contribution in [2.45, 2.75) is 33.2 Å². The van der Waals surface area contributed by atoms with Crippen LogP contribution in [0.3, 0.4) is 0 Å². The first-order chi connectivity index (χ1) is 10.6. The molecule has 1 amide bonds. The number of hydrogen-bond donors (Lipinski definition) is 0. The largest absolute Gasteiger partial charge is 0.339 e. The molecule has 1 aliphatic rings. The predicted octanol–water partition coefficient (Wildman–Crippen LogP) is 4.28.